The molecule has 1 heterocycles. The summed E-state index contributed by atoms with van der Waals surface area (Å²) < 4.78 is 5.07. The molecule has 0 aliphatic carbocycles. The maximum absolute atomic E-state index is 9.41. The van der Waals surface area contributed by atoms with Crippen molar-refractivity contribution in [2.75, 3.05) is 7.11 Å². The van der Waals surface area contributed by atoms with Gasteiger partial charge in [-0.15, -0.1) is 0 Å². The van der Waals surface area contributed by atoms with Crippen molar-refractivity contribution in [3.8, 4) is 0 Å². The van der Waals surface area contributed by atoms with Gasteiger partial charge in [-0.2, -0.15) is 0 Å². The molecule has 1 rings (SSSR count). The number of rotatable bonds is 1. The molecule has 4 heteroatoms. The van der Waals surface area contributed by atoms with Crippen LogP contribution in [0.1, 0.15) is 6.42 Å². The Balaban J connectivity index is 3.03. The van der Waals surface area contributed by atoms with Gasteiger partial charge in [0.05, 0.1) is 18.6 Å². The molecule has 0 radical (unpaired) electrons. The molecule has 0 aromatic heterocycles. The first kappa shape index (κ1) is 11.1. The van der Waals surface area contributed by atoms with Gasteiger partial charge in [-0.3, -0.25) is 0 Å². The number of amidine groups is 1. The van der Waals surface area contributed by atoms with Crippen molar-refractivity contribution < 1.29 is 9.84 Å². The van der Waals surface area contributed by atoms with Crippen molar-refractivity contribution in [2.24, 2.45) is 10.7 Å². The lowest BCUT2D eigenvalue weighted by Crippen LogP contribution is -2.09. The van der Waals surface area contributed by atoms with Crippen molar-refractivity contribution in [2.45, 2.75) is 6.42 Å². The fraction of sp³-hybridized carbons (Fsp3) is 0.182. The average molecular weight is 206 g/mol. The first-order chi connectivity index (χ1) is 7.11. The second-order valence-electron chi connectivity index (χ2n) is 3.02. The third-order valence-electron chi connectivity index (χ3n) is 1.74. The molecule has 1 aliphatic rings. The van der Waals surface area contributed by atoms with Crippen molar-refractivity contribution in [1.29, 1.82) is 0 Å². The van der Waals surface area contributed by atoms with Crippen LogP contribution in [0.2, 0.25) is 0 Å². The summed E-state index contributed by atoms with van der Waals surface area (Å²) in [6.07, 6.45) is 6.98. The van der Waals surface area contributed by atoms with Gasteiger partial charge in [-0.25, -0.2) is 4.99 Å². The second kappa shape index (κ2) is 5.05. The highest BCUT2D eigenvalue weighted by Crippen LogP contribution is 2.09. The van der Waals surface area contributed by atoms with Crippen LogP contribution in [0.15, 0.2) is 53.1 Å². The van der Waals surface area contributed by atoms with Crippen LogP contribution in [0.5, 0.6) is 0 Å². The minimum Gasteiger partial charge on any atom is -0.512 e. The Morgan fingerprint density at radius 2 is 2.27 bits per heavy atom. The number of nitrogens with two attached hydrogens (primary N) is 1. The average Bonchev–Trinajstić information content (AvgIpc) is 2.14. The molecule has 0 aromatic carbocycles. The summed E-state index contributed by atoms with van der Waals surface area (Å²) in [5.41, 5.74) is 6.02. The van der Waals surface area contributed by atoms with E-state index in [0.717, 1.165) is 0 Å². The molecule has 15 heavy (non-hydrogen) atoms. The van der Waals surface area contributed by atoms with Crippen LogP contribution >= 0.6 is 0 Å². The molecule has 0 bridgehead atoms. The van der Waals surface area contributed by atoms with Crippen molar-refractivity contribution in [3.63, 3.8) is 0 Å². The monoisotopic (exact) mass is 206 g/mol. The first-order valence-electron chi connectivity index (χ1n) is 4.46. The number of allylic oxidation sites excluding steroid dienone is 3. The maximum Gasteiger partial charge on any atom is 0.127 e. The number of hydrogen-bond acceptors (Lipinski definition) is 4. The van der Waals surface area contributed by atoms with Gasteiger partial charge >= 0.3 is 0 Å². The van der Waals surface area contributed by atoms with E-state index in [2.05, 4.69) is 11.6 Å². The third kappa shape index (κ3) is 3.72. The highest BCUT2D eigenvalue weighted by Gasteiger charge is 1.98. The smallest absolute Gasteiger partial charge is 0.127 e. The molecule has 0 amide bonds. The van der Waals surface area contributed by atoms with Gasteiger partial charge in [0.2, 0.25) is 0 Å². The predicted molar refractivity (Wildman–Crippen MR) is 60.3 cm³/mol. The summed E-state index contributed by atoms with van der Waals surface area (Å²) in [6, 6.07) is 0. The number of aliphatic imine (C=N–C) groups is 1. The molecule has 1 aliphatic heterocycles. The van der Waals surface area contributed by atoms with E-state index < -0.39 is 0 Å². The van der Waals surface area contributed by atoms with Gasteiger partial charge < -0.3 is 15.6 Å². The molecule has 0 saturated heterocycles. The Hall–Kier alpha value is -1.97. The third-order valence-corrected chi connectivity index (χ3v) is 1.74. The lowest BCUT2D eigenvalue weighted by Gasteiger charge is -2.03. The van der Waals surface area contributed by atoms with Crippen molar-refractivity contribution in [3.05, 3.63) is 48.1 Å². The van der Waals surface area contributed by atoms with E-state index in [9.17, 15) is 5.11 Å². The first-order valence-corrected chi connectivity index (χ1v) is 4.46. The van der Waals surface area contributed by atoms with Crippen LogP contribution in [0.4, 0.5) is 0 Å². The molecule has 0 fully saturated rings. The van der Waals surface area contributed by atoms with E-state index in [1.165, 1.54) is 6.08 Å². The molecule has 3 N–H and O–H groups in total. The van der Waals surface area contributed by atoms with Crippen LogP contribution in [0, 0.1) is 0 Å². The quantitative estimate of drug-likeness (QED) is 0.687. The van der Waals surface area contributed by atoms with Gasteiger partial charge in [0.15, 0.2) is 0 Å². The molecule has 0 unspecified atom stereocenters. The van der Waals surface area contributed by atoms with E-state index in [4.69, 9.17) is 10.5 Å². The van der Waals surface area contributed by atoms with Crippen LogP contribution in [-0.2, 0) is 4.74 Å². The van der Waals surface area contributed by atoms with Gasteiger partial charge in [-0.1, -0.05) is 12.7 Å². The summed E-state index contributed by atoms with van der Waals surface area (Å²) in [7, 11) is 1.55. The summed E-state index contributed by atoms with van der Waals surface area (Å²) in [5, 5.41) is 9.41. The number of aliphatic hydroxyl groups is 1. The molecule has 0 spiro atoms. The lowest BCUT2D eigenvalue weighted by atomic mass is 10.2. The van der Waals surface area contributed by atoms with E-state index in [-0.39, 0.29) is 11.6 Å². The van der Waals surface area contributed by atoms with Crippen LogP contribution < -0.4 is 5.73 Å². The summed E-state index contributed by atoms with van der Waals surface area (Å²) in [6.45, 7) is 3.69. The Kier molecular flexibility index (Phi) is 3.74. The van der Waals surface area contributed by atoms with E-state index in [1.807, 2.05) is 0 Å². The SMILES string of the molecule is C=C1/C=C(OC)\C=C/C/C(O)=C\C(N)=N1. The van der Waals surface area contributed by atoms with Gasteiger partial charge in [0, 0.05) is 18.6 Å². The van der Waals surface area contributed by atoms with E-state index >= 15 is 0 Å². The Morgan fingerprint density at radius 1 is 1.53 bits per heavy atom. The van der Waals surface area contributed by atoms with Crippen molar-refractivity contribution >= 4 is 5.84 Å². The molecular weight excluding hydrogens is 192 g/mol. The number of methoxy groups -OCH3 is 1. The molecule has 80 valence electrons. The van der Waals surface area contributed by atoms with Crippen molar-refractivity contribution in [1.82, 2.24) is 0 Å². The number of ether oxygens (including phenoxy) is 1. The van der Waals surface area contributed by atoms with Gasteiger partial charge in [-0.05, 0) is 6.08 Å². The zero-order valence-corrected chi connectivity index (χ0v) is 8.60. The highest BCUT2D eigenvalue weighted by molar-refractivity contribution is 5.92. The number of nitrogens with zero attached hydrogens (tertiary/aromatic N) is 1. The Labute approximate surface area is 88.8 Å². The standard InChI is InChI=1S/C11H14N2O2/c1-8-6-10(15-2)5-3-4-9(14)7-11(12)13-8/h3,5-7,14H,1,4H2,2H3,(H2,12,13)/b5-3-,9-7+,10-6+. The Bertz CT molecular complexity index is 376. The van der Waals surface area contributed by atoms with Gasteiger partial charge in [0.25, 0.3) is 0 Å². The Morgan fingerprint density at radius 3 is 2.93 bits per heavy atom. The number of aliphatic hydroxyl groups excluding tert-OH is 1. The van der Waals surface area contributed by atoms with Crippen LogP contribution in [0.3, 0.4) is 0 Å². The normalized spacial score (nSPS) is 26.7. The highest BCUT2D eigenvalue weighted by atomic mass is 16.5. The molecule has 0 aromatic rings. The van der Waals surface area contributed by atoms with E-state index in [1.54, 1.807) is 25.3 Å². The summed E-state index contributed by atoms with van der Waals surface area (Å²) in [5.74, 6) is 0.989. The topological polar surface area (TPSA) is 67.8 Å². The maximum atomic E-state index is 9.41. The number of hydrogen-bond donors (Lipinski definition) is 2. The molecule has 0 saturated carbocycles. The zero-order chi connectivity index (χ0) is 11.3. The van der Waals surface area contributed by atoms with Crippen LogP contribution in [-0.4, -0.2) is 18.1 Å². The molecular formula is C11H14N2O2. The van der Waals surface area contributed by atoms with E-state index in [0.29, 0.717) is 17.9 Å². The predicted octanol–water partition coefficient (Wildman–Crippen LogP) is 1.79. The molecule has 4 nitrogen and oxygen atoms in total. The lowest BCUT2D eigenvalue weighted by molar-refractivity contribution is 0.306. The van der Waals surface area contributed by atoms with Gasteiger partial charge in [0.1, 0.15) is 11.6 Å². The zero-order valence-electron chi connectivity index (χ0n) is 8.60. The largest absolute Gasteiger partial charge is 0.512 e. The fourth-order valence-corrected chi connectivity index (χ4v) is 1.10. The second-order valence-corrected chi connectivity index (χ2v) is 3.02. The molecule has 0 atom stereocenters. The summed E-state index contributed by atoms with van der Waals surface area (Å²) >= 11 is 0. The minimum atomic E-state index is 0.151. The summed E-state index contributed by atoms with van der Waals surface area (Å²) in [4.78, 5) is 3.96. The minimum absolute atomic E-state index is 0.151. The fourth-order valence-electron chi connectivity index (χ4n) is 1.10. The van der Waals surface area contributed by atoms with Crippen LogP contribution in [0.25, 0.3) is 0 Å².